The van der Waals surface area contributed by atoms with Crippen LogP contribution in [-0.2, 0) is 14.3 Å². The molecule has 0 bridgehead atoms. The van der Waals surface area contributed by atoms with Crippen molar-refractivity contribution in [1.82, 2.24) is 19.9 Å². The van der Waals surface area contributed by atoms with Crippen molar-refractivity contribution in [1.29, 1.82) is 0 Å². The fraction of sp³-hybridized carbons (Fsp3) is 0.640. The zero-order chi connectivity index (χ0) is 30.3. The Labute approximate surface area is 236 Å². The Morgan fingerprint density at radius 3 is 2.39 bits per heavy atom. The maximum Gasteiger partial charge on any atom is 0.248 e. The summed E-state index contributed by atoms with van der Waals surface area (Å²) in [7, 11) is 2.71. The average Bonchev–Trinajstić information content (AvgIpc) is 3.41. The lowest BCUT2D eigenvalue weighted by Gasteiger charge is -2.48. The standard InChI is InChI=1S/C25H31F5N4O6S/c1-12(36)33(2)23(24(38)4-6-25(29,30)7-5-24)41-22-21(39-3)19(20(37)17(11-35)40-22)34-10-16(31-32-34)13-8-14(26)18(28)15(27)9-13/h8-10,17,19-23,35,37-38H,4-7,11H2,1-3H3/t17-,19+,20+,21-,22+,23?/m1/s1. The van der Waals surface area contributed by atoms with E-state index < -0.39 is 89.5 Å². The van der Waals surface area contributed by atoms with E-state index in [1.165, 1.54) is 32.2 Å². The molecular weight excluding hydrogens is 579 g/mol. The predicted molar refractivity (Wildman–Crippen MR) is 135 cm³/mol. The highest BCUT2D eigenvalue weighted by Gasteiger charge is 2.53. The number of thioether (sulfide) groups is 1. The fourth-order valence-electron chi connectivity index (χ4n) is 5.15. The number of carbonyl (C=O) groups is 1. The largest absolute Gasteiger partial charge is 0.394 e. The number of ether oxygens (including phenoxy) is 2. The van der Waals surface area contributed by atoms with Crippen LogP contribution in [0.5, 0.6) is 0 Å². The molecule has 0 radical (unpaired) electrons. The highest BCUT2D eigenvalue weighted by atomic mass is 32.2. The lowest BCUT2D eigenvalue weighted by molar-refractivity contribution is -0.187. The third-order valence-corrected chi connectivity index (χ3v) is 9.27. The van der Waals surface area contributed by atoms with Gasteiger partial charge in [0.15, 0.2) is 17.5 Å². The Bertz CT molecular complexity index is 1220. The van der Waals surface area contributed by atoms with E-state index in [1.54, 1.807) is 0 Å². The van der Waals surface area contributed by atoms with Crippen LogP contribution in [0.25, 0.3) is 11.3 Å². The number of aliphatic hydroxyl groups is 3. The normalized spacial score (nSPS) is 28.3. The molecule has 1 aliphatic heterocycles. The van der Waals surface area contributed by atoms with Crippen molar-refractivity contribution in [3.8, 4) is 11.3 Å². The van der Waals surface area contributed by atoms with Crippen LogP contribution in [0.3, 0.4) is 0 Å². The smallest absolute Gasteiger partial charge is 0.248 e. The van der Waals surface area contributed by atoms with Crippen LogP contribution >= 0.6 is 11.8 Å². The number of aromatic nitrogens is 3. The number of halogens is 5. The molecule has 16 heteroatoms. The molecule has 1 saturated carbocycles. The molecule has 41 heavy (non-hydrogen) atoms. The first-order chi connectivity index (χ1) is 19.2. The average molecular weight is 611 g/mol. The molecule has 4 rings (SSSR count). The third kappa shape index (κ3) is 6.37. The second-order valence-corrected chi connectivity index (χ2v) is 11.5. The summed E-state index contributed by atoms with van der Waals surface area (Å²) >= 11 is 0.907. The Morgan fingerprint density at radius 1 is 1.24 bits per heavy atom. The molecule has 1 unspecified atom stereocenters. The van der Waals surface area contributed by atoms with Gasteiger partial charge in [-0.3, -0.25) is 4.79 Å². The first-order valence-corrected chi connectivity index (χ1v) is 13.7. The molecule has 2 fully saturated rings. The van der Waals surface area contributed by atoms with E-state index in [0.29, 0.717) is 0 Å². The van der Waals surface area contributed by atoms with Gasteiger partial charge in [0.25, 0.3) is 0 Å². The molecule has 1 aromatic heterocycles. The van der Waals surface area contributed by atoms with Gasteiger partial charge in [0.2, 0.25) is 11.8 Å². The number of rotatable bonds is 8. The Hall–Kier alpha value is -2.37. The number of amides is 1. The Balaban J connectivity index is 1.68. The summed E-state index contributed by atoms with van der Waals surface area (Å²) in [6.45, 7) is 0.593. The minimum Gasteiger partial charge on any atom is -0.394 e. The minimum absolute atomic E-state index is 0.0623. The number of methoxy groups -OCH3 is 1. The third-order valence-electron chi connectivity index (χ3n) is 7.61. The summed E-state index contributed by atoms with van der Waals surface area (Å²) < 4.78 is 81.7. The summed E-state index contributed by atoms with van der Waals surface area (Å²) in [6, 6.07) is 0.341. The summed E-state index contributed by atoms with van der Waals surface area (Å²) in [5, 5.41) is 39.3. The van der Waals surface area contributed by atoms with Gasteiger partial charge in [-0.2, -0.15) is 0 Å². The van der Waals surface area contributed by atoms with Gasteiger partial charge < -0.3 is 29.7 Å². The van der Waals surface area contributed by atoms with Crippen LogP contribution < -0.4 is 0 Å². The highest BCUT2D eigenvalue weighted by molar-refractivity contribution is 8.00. The molecule has 1 saturated heterocycles. The number of benzene rings is 1. The van der Waals surface area contributed by atoms with Gasteiger partial charge in [0.05, 0.1) is 18.4 Å². The molecule has 228 valence electrons. The first-order valence-electron chi connectivity index (χ1n) is 12.7. The van der Waals surface area contributed by atoms with E-state index in [0.717, 1.165) is 28.6 Å². The lowest BCUT2D eigenvalue weighted by Crippen LogP contribution is -2.59. The summed E-state index contributed by atoms with van der Waals surface area (Å²) in [6.07, 6.45) is -4.27. The van der Waals surface area contributed by atoms with E-state index in [4.69, 9.17) is 9.47 Å². The summed E-state index contributed by atoms with van der Waals surface area (Å²) in [4.78, 5) is 13.6. The number of nitrogens with zero attached hydrogens (tertiary/aromatic N) is 4. The molecule has 10 nitrogen and oxygen atoms in total. The zero-order valence-electron chi connectivity index (χ0n) is 22.4. The van der Waals surface area contributed by atoms with Gasteiger partial charge in [-0.1, -0.05) is 17.0 Å². The van der Waals surface area contributed by atoms with Crippen molar-refractivity contribution >= 4 is 17.7 Å². The number of likely N-dealkylation sites (N-methyl/N-ethyl adjacent to an activating group) is 1. The number of alkyl halides is 2. The maximum atomic E-state index is 13.9. The molecule has 3 N–H and O–H groups in total. The monoisotopic (exact) mass is 610 g/mol. The predicted octanol–water partition coefficient (Wildman–Crippen LogP) is 2.47. The van der Waals surface area contributed by atoms with E-state index in [2.05, 4.69) is 10.3 Å². The van der Waals surface area contributed by atoms with Crippen LogP contribution in [0, 0.1) is 17.5 Å². The van der Waals surface area contributed by atoms with Crippen LogP contribution in [0.4, 0.5) is 22.0 Å². The van der Waals surface area contributed by atoms with Gasteiger partial charge in [-0.15, -0.1) is 5.10 Å². The van der Waals surface area contributed by atoms with Crippen molar-refractivity contribution in [3.63, 3.8) is 0 Å². The van der Waals surface area contributed by atoms with Crippen molar-refractivity contribution in [3.05, 3.63) is 35.8 Å². The molecule has 2 heterocycles. The first kappa shape index (κ1) is 31.6. The second-order valence-electron chi connectivity index (χ2n) is 10.3. The van der Waals surface area contributed by atoms with Crippen molar-refractivity contribution in [2.24, 2.45) is 0 Å². The second kappa shape index (κ2) is 12.1. The highest BCUT2D eigenvalue weighted by Crippen LogP contribution is 2.47. The molecular formula is C25H31F5N4O6S. The minimum atomic E-state index is -2.95. The Morgan fingerprint density at radius 2 is 1.85 bits per heavy atom. The summed E-state index contributed by atoms with van der Waals surface area (Å²) in [5.41, 5.74) is -3.00. The van der Waals surface area contributed by atoms with Gasteiger partial charge in [0.1, 0.15) is 40.9 Å². The van der Waals surface area contributed by atoms with Crippen LogP contribution in [0.1, 0.15) is 38.6 Å². The molecule has 2 aromatic rings. The maximum absolute atomic E-state index is 13.9. The fourth-order valence-corrected chi connectivity index (χ4v) is 6.86. The molecule has 2 aliphatic rings. The van der Waals surface area contributed by atoms with E-state index in [-0.39, 0.29) is 24.1 Å². The SMILES string of the molecule is CO[C@@H]1[C@@H](n2cc(-c3cc(F)c(F)c(F)c3)nn2)[C@@H](O)[C@@H](CO)O[C@H]1SC(N(C)C(C)=O)C1(O)CCC(F)(F)CC1. The molecule has 1 aliphatic carbocycles. The number of aliphatic hydroxyl groups excluding tert-OH is 2. The van der Waals surface area contributed by atoms with Crippen molar-refractivity contribution in [2.45, 2.75) is 79.3 Å². The van der Waals surface area contributed by atoms with Gasteiger partial charge in [0, 0.05) is 39.5 Å². The van der Waals surface area contributed by atoms with E-state index >= 15 is 0 Å². The van der Waals surface area contributed by atoms with E-state index in [9.17, 15) is 42.1 Å². The Kier molecular flexibility index (Phi) is 9.31. The summed E-state index contributed by atoms with van der Waals surface area (Å²) in [5.74, 6) is -7.93. The van der Waals surface area contributed by atoms with Crippen molar-refractivity contribution < 1.29 is 51.5 Å². The van der Waals surface area contributed by atoms with Crippen LogP contribution in [0.15, 0.2) is 18.3 Å². The van der Waals surface area contributed by atoms with Gasteiger partial charge >= 0.3 is 0 Å². The lowest BCUT2D eigenvalue weighted by atomic mass is 9.82. The number of carbonyl (C=O) groups excluding carboxylic acids is 1. The van der Waals surface area contributed by atoms with Crippen LogP contribution in [0.2, 0.25) is 0 Å². The number of hydrogen-bond donors (Lipinski definition) is 3. The quantitative estimate of drug-likeness (QED) is 0.235. The van der Waals surface area contributed by atoms with Gasteiger partial charge in [-0.25, -0.2) is 26.6 Å². The van der Waals surface area contributed by atoms with Gasteiger partial charge in [-0.05, 0) is 25.0 Å². The molecule has 6 atom stereocenters. The number of hydrogen-bond acceptors (Lipinski definition) is 9. The van der Waals surface area contributed by atoms with E-state index in [1.807, 2.05) is 0 Å². The zero-order valence-corrected chi connectivity index (χ0v) is 23.2. The topological polar surface area (TPSA) is 130 Å². The van der Waals surface area contributed by atoms with Crippen molar-refractivity contribution in [2.75, 3.05) is 20.8 Å². The molecule has 1 aromatic carbocycles. The van der Waals surface area contributed by atoms with Crippen LogP contribution in [-0.4, -0.2) is 103 Å². The molecule has 1 amide bonds. The molecule has 0 spiro atoms.